The molecule has 260 valence electrons. The standard InChI is InChI=1S/C21H23N3OS.C20H25N3S/c22-15-16-6-7-21-19(14-16)24(18-4-1-2-5-20(18)26-21)11-3-10-23-12-8-17(25)9-13-23;1-21-13-15-22(16-14-21)11-6-12-23-17-7-2-4-9-19(17)24-20-10-5-3-8-18(20)23/h1-2,4-7,14,17,25H,3,8-13H2;2-5,7-10H,6,11-16H2,1H3. The van der Waals surface area contributed by atoms with Crippen molar-refractivity contribution < 1.29 is 5.11 Å². The van der Waals surface area contributed by atoms with Crippen molar-refractivity contribution in [1.82, 2.24) is 14.7 Å². The van der Waals surface area contributed by atoms with Crippen LogP contribution in [-0.4, -0.2) is 98.4 Å². The van der Waals surface area contributed by atoms with Crippen molar-refractivity contribution in [2.45, 2.75) is 51.4 Å². The Kier molecular flexibility index (Phi) is 11.7. The van der Waals surface area contributed by atoms with E-state index >= 15 is 0 Å². The zero-order valence-electron chi connectivity index (χ0n) is 29.1. The molecule has 2 saturated heterocycles. The number of rotatable bonds is 8. The average molecular weight is 705 g/mol. The molecular formula is C41H48N6OS2. The molecule has 4 aromatic carbocycles. The second-order valence-electron chi connectivity index (χ2n) is 13.6. The van der Waals surface area contributed by atoms with E-state index in [0.717, 1.165) is 57.7 Å². The second-order valence-corrected chi connectivity index (χ2v) is 15.8. The van der Waals surface area contributed by atoms with Gasteiger partial charge in [-0.25, -0.2) is 0 Å². The number of anilines is 4. The predicted molar refractivity (Wildman–Crippen MR) is 208 cm³/mol. The van der Waals surface area contributed by atoms with Crippen LogP contribution in [0.15, 0.2) is 111 Å². The number of piperidine rings is 1. The largest absolute Gasteiger partial charge is 0.393 e. The first-order valence-corrected chi connectivity index (χ1v) is 19.7. The number of benzene rings is 4. The highest BCUT2D eigenvalue weighted by Gasteiger charge is 2.25. The van der Waals surface area contributed by atoms with E-state index in [0.29, 0.717) is 5.56 Å². The molecule has 0 saturated carbocycles. The molecule has 0 radical (unpaired) electrons. The van der Waals surface area contributed by atoms with E-state index in [1.165, 1.54) is 75.8 Å². The summed E-state index contributed by atoms with van der Waals surface area (Å²) in [5.74, 6) is 0. The number of piperazine rings is 1. The molecule has 0 unspecified atom stereocenters. The first-order chi connectivity index (χ1) is 24.6. The summed E-state index contributed by atoms with van der Waals surface area (Å²) in [5.41, 5.74) is 5.80. The van der Waals surface area contributed by atoms with Gasteiger partial charge in [-0.2, -0.15) is 5.26 Å². The number of likely N-dealkylation sites (tertiary alicyclic amines) is 1. The maximum absolute atomic E-state index is 9.66. The van der Waals surface area contributed by atoms with Crippen molar-refractivity contribution in [2.75, 3.05) is 82.3 Å². The monoisotopic (exact) mass is 704 g/mol. The van der Waals surface area contributed by atoms with E-state index in [-0.39, 0.29) is 6.10 Å². The van der Waals surface area contributed by atoms with Gasteiger partial charge in [-0.1, -0.05) is 59.9 Å². The van der Waals surface area contributed by atoms with E-state index in [2.05, 4.69) is 116 Å². The van der Waals surface area contributed by atoms with Crippen LogP contribution in [0.3, 0.4) is 0 Å². The van der Waals surface area contributed by atoms with Gasteiger partial charge in [0.2, 0.25) is 0 Å². The minimum Gasteiger partial charge on any atom is -0.393 e. The molecule has 0 atom stereocenters. The van der Waals surface area contributed by atoms with Crippen LogP contribution in [0.25, 0.3) is 0 Å². The van der Waals surface area contributed by atoms with E-state index in [4.69, 9.17) is 0 Å². The molecule has 0 amide bonds. The van der Waals surface area contributed by atoms with Crippen LogP contribution in [-0.2, 0) is 0 Å². The number of para-hydroxylation sites is 3. The Morgan fingerprint density at radius 1 is 0.600 bits per heavy atom. The molecule has 50 heavy (non-hydrogen) atoms. The zero-order valence-corrected chi connectivity index (χ0v) is 30.7. The summed E-state index contributed by atoms with van der Waals surface area (Å²) < 4.78 is 0. The lowest BCUT2D eigenvalue weighted by Crippen LogP contribution is -2.45. The van der Waals surface area contributed by atoms with Crippen molar-refractivity contribution in [3.8, 4) is 6.07 Å². The maximum Gasteiger partial charge on any atom is 0.0992 e. The van der Waals surface area contributed by atoms with Crippen LogP contribution in [0.4, 0.5) is 22.7 Å². The molecule has 4 heterocycles. The van der Waals surface area contributed by atoms with Crippen molar-refractivity contribution in [3.05, 3.63) is 96.6 Å². The highest BCUT2D eigenvalue weighted by atomic mass is 32.2. The zero-order chi connectivity index (χ0) is 34.3. The minimum atomic E-state index is -0.117. The number of nitrogens with zero attached hydrogens (tertiary/aromatic N) is 6. The summed E-state index contributed by atoms with van der Waals surface area (Å²) in [4.78, 5) is 17.6. The lowest BCUT2D eigenvalue weighted by Gasteiger charge is -2.35. The summed E-state index contributed by atoms with van der Waals surface area (Å²) in [5, 5.41) is 18.9. The van der Waals surface area contributed by atoms with E-state index in [9.17, 15) is 10.4 Å². The van der Waals surface area contributed by atoms with Gasteiger partial charge in [-0.15, -0.1) is 0 Å². The lowest BCUT2D eigenvalue weighted by atomic mass is 10.1. The molecule has 4 aromatic rings. The maximum atomic E-state index is 9.66. The fraction of sp³-hybridized carbons (Fsp3) is 0.390. The number of hydrogen-bond acceptors (Lipinski definition) is 9. The van der Waals surface area contributed by atoms with E-state index in [1.807, 2.05) is 23.9 Å². The summed E-state index contributed by atoms with van der Waals surface area (Å²) >= 11 is 3.67. The fourth-order valence-corrected chi connectivity index (χ4v) is 9.45. The third kappa shape index (κ3) is 8.34. The molecule has 0 aromatic heterocycles. The van der Waals surface area contributed by atoms with Crippen molar-refractivity contribution in [1.29, 1.82) is 5.26 Å². The van der Waals surface area contributed by atoms with Gasteiger partial charge in [-0.05, 0) is 100 Å². The molecule has 0 spiro atoms. The highest BCUT2D eigenvalue weighted by Crippen LogP contribution is 2.49. The van der Waals surface area contributed by atoms with Gasteiger partial charge in [-0.3, -0.25) is 0 Å². The molecule has 0 aliphatic carbocycles. The Labute approximate surface area is 306 Å². The van der Waals surface area contributed by atoms with Gasteiger partial charge in [0.05, 0.1) is 40.5 Å². The van der Waals surface area contributed by atoms with Crippen LogP contribution in [0.5, 0.6) is 0 Å². The number of aliphatic hydroxyl groups is 1. The van der Waals surface area contributed by atoms with Crippen LogP contribution in [0, 0.1) is 11.3 Å². The molecule has 4 aliphatic rings. The third-order valence-corrected chi connectivity index (χ3v) is 12.4. The first-order valence-electron chi connectivity index (χ1n) is 18.1. The molecule has 2 fully saturated rings. The molecule has 0 bridgehead atoms. The summed E-state index contributed by atoms with van der Waals surface area (Å²) in [6.45, 7) is 11.1. The Bertz CT molecular complexity index is 1730. The van der Waals surface area contributed by atoms with Crippen LogP contribution >= 0.6 is 23.5 Å². The molecule has 1 N–H and O–H groups in total. The Morgan fingerprint density at radius 3 is 1.58 bits per heavy atom. The van der Waals surface area contributed by atoms with E-state index < -0.39 is 0 Å². The smallest absolute Gasteiger partial charge is 0.0992 e. The molecule has 8 rings (SSSR count). The third-order valence-electron chi connectivity index (χ3n) is 10.2. The summed E-state index contributed by atoms with van der Waals surface area (Å²) in [6.07, 6.45) is 3.92. The fourth-order valence-electron chi connectivity index (χ4n) is 7.28. The summed E-state index contributed by atoms with van der Waals surface area (Å²) in [6, 6.07) is 34.3. The van der Waals surface area contributed by atoms with Crippen molar-refractivity contribution >= 4 is 46.3 Å². The summed E-state index contributed by atoms with van der Waals surface area (Å²) in [7, 11) is 2.22. The SMILES string of the molecule is CN1CCN(CCCN2c3ccccc3Sc3ccccc32)CC1.N#Cc1ccc2c(c1)N(CCCN1CCC(O)CC1)c1ccccc1S2. The molecular weight excluding hydrogens is 657 g/mol. The van der Waals surface area contributed by atoms with Gasteiger partial charge >= 0.3 is 0 Å². The normalized spacial score (nSPS) is 17.9. The highest BCUT2D eigenvalue weighted by molar-refractivity contribution is 8.00. The van der Waals surface area contributed by atoms with Crippen LogP contribution in [0.2, 0.25) is 0 Å². The number of hydrogen-bond donors (Lipinski definition) is 1. The molecule has 4 aliphatic heterocycles. The molecule has 9 heteroatoms. The quantitative estimate of drug-likeness (QED) is 0.197. The van der Waals surface area contributed by atoms with Crippen molar-refractivity contribution in [3.63, 3.8) is 0 Å². The number of fused-ring (bicyclic) bond motifs is 4. The van der Waals surface area contributed by atoms with Gasteiger partial charge in [0, 0.05) is 71.9 Å². The van der Waals surface area contributed by atoms with Gasteiger partial charge in [0.25, 0.3) is 0 Å². The number of nitriles is 1. The second kappa shape index (κ2) is 16.7. The molecule has 7 nitrogen and oxygen atoms in total. The Hall–Kier alpha value is -3.49. The van der Waals surface area contributed by atoms with Gasteiger partial charge < -0.3 is 29.6 Å². The minimum absolute atomic E-state index is 0.117. The lowest BCUT2D eigenvalue weighted by molar-refractivity contribution is 0.0824. The number of aliphatic hydroxyl groups excluding tert-OH is 1. The average Bonchev–Trinajstić information content (AvgIpc) is 3.16. The number of likely N-dealkylation sites (N-methyl/N-ethyl adjacent to an activating group) is 1. The predicted octanol–water partition coefficient (Wildman–Crippen LogP) is 7.93. The van der Waals surface area contributed by atoms with Crippen LogP contribution in [0.1, 0.15) is 31.2 Å². The first kappa shape index (κ1) is 34.9. The van der Waals surface area contributed by atoms with Gasteiger partial charge in [0.1, 0.15) is 0 Å². The van der Waals surface area contributed by atoms with E-state index in [1.54, 1.807) is 11.8 Å². The Balaban J connectivity index is 0.000000157. The van der Waals surface area contributed by atoms with Crippen molar-refractivity contribution in [2.24, 2.45) is 0 Å². The topological polar surface area (TPSA) is 60.2 Å². The van der Waals surface area contributed by atoms with Gasteiger partial charge in [0.15, 0.2) is 0 Å². The Morgan fingerprint density at radius 2 is 1.06 bits per heavy atom. The van der Waals surface area contributed by atoms with Crippen LogP contribution < -0.4 is 9.80 Å².